The predicted octanol–water partition coefficient (Wildman–Crippen LogP) is 2.77. The van der Waals surface area contributed by atoms with Crippen LogP contribution in [0.2, 0.25) is 0 Å². The number of hydrogen-bond acceptors (Lipinski definition) is 3. The Balaban J connectivity index is 2.81. The molecule has 18 heavy (non-hydrogen) atoms. The van der Waals surface area contributed by atoms with Gasteiger partial charge in [-0.25, -0.2) is 4.39 Å². The minimum Gasteiger partial charge on any atom is -0.465 e. The molecule has 0 heterocycles. The van der Waals surface area contributed by atoms with Crippen LogP contribution in [-0.4, -0.2) is 30.6 Å². The van der Waals surface area contributed by atoms with Crippen LogP contribution in [0.3, 0.4) is 0 Å². The van der Waals surface area contributed by atoms with Crippen molar-refractivity contribution in [1.82, 2.24) is 4.90 Å². The Hall–Kier alpha value is -1.42. The smallest absolute Gasteiger partial charge is 0.323 e. The zero-order valence-corrected chi connectivity index (χ0v) is 11.3. The van der Waals surface area contributed by atoms with Crippen LogP contribution in [0.25, 0.3) is 0 Å². The molecule has 0 aliphatic carbocycles. The minimum atomic E-state index is -0.403. The summed E-state index contributed by atoms with van der Waals surface area (Å²) in [5.74, 6) is -0.545. The molecule has 0 bridgehead atoms. The summed E-state index contributed by atoms with van der Waals surface area (Å²) in [6.45, 7) is 5.75. The Bertz CT molecular complexity index is 409. The summed E-state index contributed by atoms with van der Waals surface area (Å²) in [5.41, 5.74) is 0.580. The summed E-state index contributed by atoms with van der Waals surface area (Å²) in [6, 6.07) is 6.01. The van der Waals surface area contributed by atoms with Crippen molar-refractivity contribution in [2.45, 2.75) is 32.9 Å². The van der Waals surface area contributed by atoms with Gasteiger partial charge >= 0.3 is 5.97 Å². The van der Waals surface area contributed by atoms with Gasteiger partial charge in [-0.2, -0.15) is 0 Å². The zero-order chi connectivity index (χ0) is 13.7. The summed E-state index contributed by atoms with van der Waals surface area (Å²) in [6.07, 6.45) is 0. The average Bonchev–Trinajstić information content (AvgIpc) is 2.37. The summed E-state index contributed by atoms with van der Waals surface area (Å²) in [5, 5.41) is 0. The van der Waals surface area contributed by atoms with E-state index < -0.39 is 6.04 Å². The zero-order valence-electron chi connectivity index (χ0n) is 11.3. The lowest BCUT2D eigenvalue weighted by Gasteiger charge is -2.29. The fraction of sp³-hybridized carbons (Fsp3) is 0.500. The normalized spacial score (nSPS) is 14.3. The monoisotopic (exact) mass is 253 g/mol. The van der Waals surface area contributed by atoms with E-state index in [2.05, 4.69) is 0 Å². The van der Waals surface area contributed by atoms with Crippen LogP contribution >= 0.6 is 0 Å². The molecule has 0 N–H and O–H groups in total. The van der Waals surface area contributed by atoms with Gasteiger partial charge in [0, 0.05) is 11.6 Å². The van der Waals surface area contributed by atoms with Gasteiger partial charge in [-0.15, -0.1) is 0 Å². The van der Waals surface area contributed by atoms with Gasteiger partial charge in [-0.3, -0.25) is 9.69 Å². The summed E-state index contributed by atoms with van der Waals surface area (Å²) in [4.78, 5) is 13.4. The molecule has 1 aromatic rings. The summed E-state index contributed by atoms with van der Waals surface area (Å²) >= 11 is 0. The van der Waals surface area contributed by atoms with Crippen molar-refractivity contribution in [3.8, 4) is 0 Å². The molecule has 0 saturated heterocycles. The molecule has 0 radical (unpaired) electrons. The molecule has 100 valence electrons. The number of esters is 1. The van der Waals surface area contributed by atoms with Crippen molar-refractivity contribution in [1.29, 1.82) is 0 Å². The van der Waals surface area contributed by atoms with Crippen molar-refractivity contribution in [3.63, 3.8) is 0 Å². The molecule has 1 aromatic carbocycles. The molecule has 1 rings (SSSR count). The highest BCUT2D eigenvalue weighted by Gasteiger charge is 2.25. The van der Waals surface area contributed by atoms with Crippen LogP contribution in [0.4, 0.5) is 4.39 Å². The number of likely N-dealkylation sites (N-methyl/N-ethyl adjacent to an activating group) is 1. The molecule has 4 heteroatoms. The van der Waals surface area contributed by atoms with E-state index in [1.165, 1.54) is 6.07 Å². The van der Waals surface area contributed by atoms with Gasteiger partial charge in [-0.05, 0) is 33.9 Å². The molecule has 0 fully saturated rings. The Labute approximate surface area is 108 Å². The SMILES string of the molecule is CCOC(=O)C(C)N(C)C(C)c1ccccc1F. The lowest BCUT2D eigenvalue weighted by Crippen LogP contribution is -2.39. The first-order valence-corrected chi connectivity index (χ1v) is 6.12. The topological polar surface area (TPSA) is 29.5 Å². The number of benzene rings is 1. The molecule has 2 atom stereocenters. The molecular formula is C14H20FNO2. The van der Waals surface area contributed by atoms with Gasteiger partial charge in [0.2, 0.25) is 0 Å². The number of halogens is 1. The number of carbonyl (C=O) groups excluding carboxylic acids is 1. The van der Waals surface area contributed by atoms with Gasteiger partial charge in [0.1, 0.15) is 11.9 Å². The Kier molecular flexibility index (Phi) is 5.28. The molecule has 0 aromatic heterocycles. The van der Waals surface area contributed by atoms with E-state index in [9.17, 15) is 9.18 Å². The maximum absolute atomic E-state index is 13.7. The quantitative estimate of drug-likeness (QED) is 0.756. The van der Waals surface area contributed by atoms with E-state index >= 15 is 0 Å². The number of carbonyl (C=O) groups is 1. The largest absolute Gasteiger partial charge is 0.465 e. The van der Waals surface area contributed by atoms with Gasteiger partial charge < -0.3 is 4.74 Å². The Morgan fingerprint density at radius 3 is 2.56 bits per heavy atom. The summed E-state index contributed by atoms with van der Waals surface area (Å²) < 4.78 is 18.6. The first-order chi connectivity index (χ1) is 8.49. The minimum absolute atomic E-state index is 0.189. The second-order valence-corrected chi connectivity index (χ2v) is 4.29. The van der Waals surface area contributed by atoms with Crippen LogP contribution < -0.4 is 0 Å². The molecule has 3 nitrogen and oxygen atoms in total. The van der Waals surface area contributed by atoms with Crippen molar-refractivity contribution in [3.05, 3.63) is 35.6 Å². The van der Waals surface area contributed by atoms with E-state index in [0.29, 0.717) is 12.2 Å². The van der Waals surface area contributed by atoms with E-state index in [1.54, 1.807) is 44.0 Å². The maximum atomic E-state index is 13.7. The standard InChI is InChI=1S/C14H20FNO2/c1-5-18-14(17)11(3)16(4)10(2)12-8-6-7-9-13(12)15/h6-11H,5H2,1-4H3. The molecule has 0 saturated carbocycles. The molecule has 0 aliphatic heterocycles. The van der Waals surface area contributed by atoms with Crippen molar-refractivity contribution < 1.29 is 13.9 Å². The van der Waals surface area contributed by atoms with Gasteiger partial charge in [-0.1, -0.05) is 18.2 Å². The molecule has 0 spiro atoms. The lowest BCUT2D eigenvalue weighted by molar-refractivity contribution is -0.149. The second-order valence-electron chi connectivity index (χ2n) is 4.29. The Morgan fingerprint density at radius 1 is 1.39 bits per heavy atom. The molecular weight excluding hydrogens is 233 g/mol. The highest BCUT2D eigenvalue weighted by Crippen LogP contribution is 2.23. The van der Waals surface area contributed by atoms with Crippen LogP contribution in [-0.2, 0) is 9.53 Å². The highest BCUT2D eigenvalue weighted by molar-refractivity contribution is 5.75. The van der Waals surface area contributed by atoms with Gasteiger partial charge in [0.15, 0.2) is 0 Å². The first-order valence-electron chi connectivity index (χ1n) is 6.12. The number of rotatable bonds is 5. The third kappa shape index (κ3) is 3.29. The van der Waals surface area contributed by atoms with E-state index in [1.807, 2.05) is 6.92 Å². The summed E-state index contributed by atoms with van der Waals surface area (Å²) in [7, 11) is 1.79. The van der Waals surface area contributed by atoms with Crippen molar-refractivity contribution in [2.24, 2.45) is 0 Å². The van der Waals surface area contributed by atoms with Crippen molar-refractivity contribution in [2.75, 3.05) is 13.7 Å². The lowest BCUT2D eigenvalue weighted by atomic mass is 10.1. The average molecular weight is 253 g/mol. The van der Waals surface area contributed by atoms with Crippen LogP contribution in [0.15, 0.2) is 24.3 Å². The molecule has 0 amide bonds. The van der Waals surface area contributed by atoms with Crippen LogP contribution in [0.1, 0.15) is 32.4 Å². The van der Waals surface area contributed by atoms with E-state index in [0.717, 1.165) is 0 Å². The number of hydrogen-bond donors (Lipinski definition) is 0. The van der Waals surface area contributed by atoms with Crippen LogP contribution in [0.5, 0.6) is 0 Å². The van der Waals surface area contributed by atoms with Gasteiger partial charge in [0.25, 0.3) is 0 Å². The first kappa shape index (κ1) is 14.6. The van der Waals surface area contributed by atoms with Crippen molar-refractivity contribution >= 4 is 5.97 Å². The predicted molar refractivity (Wildman–Crippen MR) is 68.7 cm³/mol. The van der Waals surface area contributed by atoms with Gasteiger partial charge in [0.05, 0.1) is 6.61 Å². The molecule has 0 aliphatic rings. The Morgan fingerprint density at radius 2 is 2.00 bits per heavy atom. The number of nitrogens with zero attached hydrogens (tertiary/aromatic N) is 1. The fourth-order valence-corrected chi connectivity index (χ4v) is 1.80. The number of ether oxygens (including phenoxy) is 1. The second kappa shape index (κ2) is 6.50. The van der Waals surface area contributed by atoms with E-state index in [4.69, 9.17) is 4.74 Å². The highest BCUT2D eigenvalue weighted by atomic mass is 19.1. The van der Waals surface area contributed by atoms with E-state index in [-0.39, 0.29) is 17.8 Å². The molecule has 2 unspecified atom stereocenters. The van der Waals surface area contributed by atoms with Crippen LogP contribution in [0, 0.1) is 5.82 Å². The fourth-order valence-electron chi connectivity index (χ4n) is 1.80. The third-order valence-electron chi connectivity index (χ3n) is 3.20. The maximum Gasteiger partial charge on any atom is 0.323 e. The third-order valence-corrected chi connectivity index (χ3v) is 3.20.